The lowest BCUT2D eigenvalue weighted by Crippen LogP contribution is -2.57. The molecule has 168 valence electrons. The van der Waals surface area contributed by atoms with Crippen molar-refractivity contribution in [3.05, 3.63) is 33.9 Å². The average molecular weight is 418 g/mol. The Morgan fingerprint density at radius 1 is 1.07 bits per heavy atom. The number of methoxy groups -OCH3 is 1. The normalized spacial score (nSPS) is 21.3. The molecule has 2 rings (SSSR count). The zero-order chi connectivity index (χ0) is 22.3. The summed E-state index contributed by atoms with van der Waals surface area (Å²) in [5.74, 6) is -0.481. The first-order valence-corrected chi connectivity index (χ1v) is 11.3. The van der Waals surface area contributed by atoms with Crippen LogP contribution in [0.5, 0.6) is 0 Å². The van der Waals surface area contributed by atoms with Crippen molar-refractivity contribution in [3.63, 3.8) is 0 Å². The van der Waals surface area contributed by atoms with Gasteiger partial charge in [0.25, 0.3) is 0 Å². The molecule has 0 aromatic heterocycles. The van der Waals surface area contributed by atoms with Crippen molar-refractivity contribution in [2.45, 2.75) is 97.6 Å². The van der Waals surface area contributed by atoms with E-state index < -0.39 is 5.54 Å². The SMILES string of the molecule is CCCCCOC1CCC(NC(=O)Cc2c(C)cc(C)c(C)c2C)(C(=O)OC)CC1. The summed E-state index contributed by atoms with van der Waals surface area (Å²) in [7, 11) is 1.39. The Balaban J connectivity index is 2.05. The molecule has 1 amide bonds. The summed E-state index contributed by atoms with van der Waals surface area (Å²) in [6.07, 6.45) is 6.45. The monoisotopic (exact) mass is 417 g/mol. The van der Waals surface area contributed by atoms with E-state index in [1.807, 2.05) is 6.92 Å². The molecule has 1 fully saturated rings. The van der Waals surface area contributed by atoms with E-state index in [1.54, 1.807) is 0 Å². The second-order valence-electron chi connectivity index (χ2n) is 8.81. The van der Waals surface area contributed by atoms with E-state index in [4.69, 9.17) is 9.47 Å². The Bertz CT molecular complexity index is 748. The molecule has 5 nitrogen and oxygen atoms in total. The predicted molar refractivity (Wildman–Crippen MR) is 120 cm³/mol. The van der Waals surface area contributed by atoms with Crippen LogP contribution in [0.4, 0.5) is 0 Å². The van der Waals surface area contributed by atoms with Crippen LogP contribution in [0.15, 0.2) is 6.07 Å². The lowest BCUT2D eigenvalue weighted by atomic mass is 9.80. The average Bonchev–Trinajstić information content (AvgIpc) is 2.73. The smallest absolute Gasteiger partial charge is 0.331 e. The van der Waals surface area contributed by atoms with Crippen LogP contribution in [0.2, 0.25) is 0 Å². The number of rotatable bonds is 9. The van der Waals surface area contributed by atoms with Gasteiger partial charge in [-0.2, -0.15) is 0 Å². The van der Waals surface area contributed by atoms with Crippen molar-refractivity contribution in [1.29, 1.82) is 0 Å². The first kappa shape index (κ1) is 24.4. The van der Waals surface area contributed by atoms with Gasteiger partial charge in [-0.3, -0.25) is 4.79 Å². The van der Waals surface area contributed by atoms with E-state index in [1.165, 1.54) is 31.1 Å². The van der Waals surface area contributed by atoms with Crippen molar-refractivity contribution in [2.24, 2.45) is 0 Å². The Morgan fingerprint density at radius 3 is 2.33 bits per heavy atom. The number of amides is 1. The third-order valence-corrected chi connectivity index (χ3v) is 6.70. The lowest BCUT2D eigenvalue weighted by molar-refractivity contribution is -0.154. The fraction of sp³-hybridized carbons (Fsp3) is 0.680. The van der Waals surface area contributed by atoms with Crippen LogP contribution in [0, 0.1) is 27.7 Å². The maximum absolute atomic E-state index is 13.0. The number of hydrogen-bond donors (Lipinski definition) is 1. The standard InChI is InChI=1S/C25H39NO4/c1-7-8-9-14-30-21-10-12-25(13-11-21,24(28)29-6)26-23(27)16-22-18(3)15-17(2)19(4)20(22)5/h15,21H,7-14,16H2,1-6H3,(H,26,27). The molecular weight excluding hydrogens is 378 g/mol. The summed E-state index contributed by atoms with van der Waals surface area (Å²) < 4.78 is 11.1. The quantitative estimate of drug-likeness (QED) is 0.470. The van der Waals surface area contributed by atoms with E-state index in [9.17, 15) is 9.59 Å². The number of carbonyl (C=O) groups is 2. The summed E-state index contributed by atoms with van der Waals surface area (Å²) in [6, 6.07) is 2.13. The van der Waals surface area contributed by atoms with Crippen LogP contribution in [0.25, 0.3) is 0 Å². The zero-order valence-corrected chi connectivity index (χ0v) is 19.7. The van der Waals surface area contributed by atoms with E-state index >= 15 is 0 Å². The number of carbonyl (C=O) groups excluding carboxylic acids is 2. The summed E-state index contributed by atoms with van der Waals surface area (Å²) in [5.41, 5.74) is 4.81. The second-order valence-corrected chi connectivity index (χ2v) is 8.81. The zero-order valence-electron chi connectivity index (χ0n) is 19.7. The summed E-state index contributed by atoms with van der Waals surface area (Å²) in [6.45, 7) is 11.2. The Kier molecular flexibility index (Phi) is 8.90. The maximum atomic E-state index is 13.0. The first-order valence-electron chi connectivity index (χ1n) is 11.3. The van der Waals surface area contributed by atoms with Gasteiger partial charge in [0.1, 0.15) is 5.54 Å². The minimum Gasteiger partial charge on any atom is -0.467 e. The molecule has 1 aliphatic carbocycles. The van der Waals surface area contributed by atoms with E-state index in [-0.39, 0.29) is 24.4 Å². The maximum Gasteiger partial charge on any atom is 0.331 e. The highest BCUT2D eigenvalue weighted by molar-refractivity contribution is 5.89. The summed E-state index contributed by atoms with van der Waals surface area (Å²) >= 11 is 0. The molecule has 1 N–H and O–H groups in total. The van der Waals surface area contributed by atoms with Crippen LogP contribution in [-0.4, -0.2) is 37.2 Å². The number of unbranched alkanes of at least 4 members (excludes halogenated alkanes) is 2. The molecule has 0 heterocycles. The van der Waals surface area contributed by atoms with Crippen molar-refractivity contribution >= 4 is 11.9 Å². The van der Waals surface area contributed by atoms with Gasteiger partial charge >= 0.3 is 5.97 Å². The van der Waals surface area contributed by atoms with Crippen molar-refractivity contribution < 1.29 is 19.1 Å². The molecule has 0 spiro atoms. The molecule has 0 atom stereocenters. The minimum absolute atomic E-state index is 0.128. The third-order valence-electron chi connectivity index (χ3n) is 6.70. The molecule has 0 bridgehead atoms. The Hall–Kier alpha value is -1.88. The molecule has 1 saturated carbocycles. The number of ether oxygens (including phenoxy) is 2. The fourth-order valence-corrected chi connectivity index (χ4v) is 4.51. The van der Waals surface area contributed by atoms with Gasteiger partial charge in [0, 0.05) is 6.61 Å². The van der Waals surface area contributed by atoms with Gasteiger partial charge in [-0.15, -0.1) is 0 Å². The Morgan fingerprint density at radius 2 is 1.73 bits per heavy atom. The van der Waals surface area contributed by atoms with E-state index in [0.29, 0.717) is 12.8 Å². The van der Waals surface area contributed by atoms with Crippen LogP contribution < -0.4 is 5.32 Å². The second kappa shape index (κ2) is 10.9. The molecule has 1 aromatic rings. The number of benzene rings is 1. The lowest BCUT2D eigenvalue weighted by Gasteiger charge is -2.38. The van der Waals surface area contributed by atoms with Crippen LogP contribution in [0.1, 0.15) is 79.7 Å². The molecule has 30 heavy (non-hydrogen) atoms. The van der Waals surface area contributed by atoms with Crippen LogP contribution >= 0.6 is 0 Å². The number of aryl methyl sites for hydroxylation is 2. The molecular formula is C25H39NO4. The fourth-order valence-electron chi connectivity index (χ4n) is 4.51. The predicted octanol–water partition coefficient (Wildman–Crippen LogP) is 4.64. The van der Waals surface area contributed by atoms with Crippen LogP contribution in [-0.2, 0) is 25.5 Å². The van der Waals surface area contributed by atoms with Gasteiger partial charge in [0.15, 0.2) is 0 Å². The highest BCUT2D eigenvalue weighted by Gasteiger charge is 2.44. The van der Waals surface area contributed by atoms with Gasteiger partial charge in [0.05, 0.1) is 19.6 Å². The minimum atomic E-state index is -0.948. The van der Waals surface area contributed by atoms with Gasteiger partial charge in [0.2, 0.25) is 5.91 Å². The molecule has 0 saturated heterocycles. The Labute approximate surface area is 181 Å². The molecule has 1 aromatic carbocycles. The van der Waals surface area contributed by atoms with Gasteiger partial charge in [-0.25, -0.2) is 4.79 Å². The number of nitrogens with one attached hydrogen (secondary N) is 1. The van der Waals surface area contributed by atoms with Crippen LogP contribution in [0.3, 0.4) is 0 Å². The van der Waals surface area contributed by atoms with Crippen molar-refractivity contribution in [3.8, 4) is 0 Å². The first-order chi connectivity index (χ1) is 14.2. The highest BCUT2D eigenvalue weighted by atomic mass is 16.5. The summed E-state index contributed by atoms with van der Waals surface area (Å²) in [4.78, 5) is 25.6. The molecule has 0 aliphatic heterocycles. The molecule has 0 unspecified atom stereocenters. The largest absolute Gasteiger partial charge is 0.467 e. The van der Waals surface area contributed by atoms with Gasteiger partial charge < -0.3 is 14.8 Å². The molecule has 5 heteroatoms. The number of hydrogen-bond acceptors (Lipinski definition) is 4. The highest BCUT2D eigenvalue weighted by Crippen LogP contribution is 2.32. The van der Waals surface area contributed by atoms with Gasteiger partial charge in [-0.05, 0) is 87.6 Å². The van der Waals surface area contributed by atoms with Gasteiger partial charge in [-0.1, -0.05) is 25.8 Å². The van der Waals surface area contributed by atoms with E-state index in [0.717, 1.165) is 42.6 Å². The molecule has 1 aliphatic rings. The third kappa shape index (κ3) is 5.84. The molecule has 0 radical (unpaired) electrons. The topological polar surface area (TPSA) is 64.6 Å². The van der Waals surface area contributed by atoms with E-state index in [2.05, 4.69) is 39.1 Å². The van der Waals surface area contributed by atoms with Crippen molar-refractivity contribution in [1.82, 2.24) is 5.32 Å². The van der Waals surface area contributed by atoms with Crippen molar-refractivity contribution in [2.75, 3.05) is 13.7 Å². The number of esters is 1. The summed E-state index contributed by atoms with van der Waals surface area (Å²) in [5, 5.41) is 3.05.